The van der Waals surface area contributed by atoms with Crippen LogP contribution in [0.25, 0.3) is 0 Å². The first kappa shape index (κ1) is 9.43. The van der Waals surface area contributed by atoms with Crippen LogP contribution >= 0.6 is 0 Å². The minimum absolute atomic E-state index is 0.854. The standard InChI is InChI=1S/C12H18N2O/c1-2-12(15-3-1)9-14-7-10-4-11(8-14)6-13-5-10/h1-3,10-11,13H,4-9H2. The highest BCUT2D eigenvalue weighted by molar-refractivity contribution is 4.99. The molecule has 0 amide bonds. The summed E-state index contributed by atoms with van der Waals surface area (Å²) in [6.45, 7) is 5.84. The average Bonchev–Trinajstić information content (AvgIpc) is 2.70. The third-order valence-electron chi connectivity index (χ3n) is 3.53. The van der Waals surface area contributed by atoms with Crippen molar-refractivity contribution in [3.05, 3.63) is 24.2 Å². The number of hydrogen-bond donors (Lipinski definition) is 1. The van der Waals surface area contributed by atoms with Crippen LogP contribution in [0.4, 0.5) is 0 Å². The van der Waals surface area contributed by atoms with Crippen molar-refractivity contribution in [1.82, 2.24) is 10.2 Å². The van der Waals surface area contributed by atoms with Gasteiger partial charge in [-0.05, 0) is 43.5 Å². The van der Waals surface area contributed by atoms with Gasteiger partial charge < -0.3 is 9.73 Å². The minimum Gasteiger partial charge on any atom is -0.468 e. The van der Waals surface area contributed by atoms with Crippen molar-refractivity contribution in [3.63, 3.8) is 0 Å². The number of fused-ring (bicyclic) bond motifs is 2. The van der Waals surface area contributed by atoms with Gasteiger partial charge in [0.2, 0.25) is 0 Å². The van der Waals surface area contributed by atoms with Crippen LogP contribution in [0.5, 0.6) is 0 Å². The predicted octanol–water partition coefficient (Wildman–Crippen LogP) is 1.32. The Morgan fingerprint density at radius 3 is 2.80 bits per heavy atom. The van der Waals surface area contributed by atoms with E-state index in [0.717, 1.165) is 24.1 Å². The van der Waals surface area contributed by atoms with E-state index >= 15 is 0 Å². The third-order valence-corrected chi connectivity index (χ3v) is 3.53. The number of likely N-dealkylation sites (tertiary alicyclic amines) is 1. The fourth-order valence-electron chi connectivity index (χ4n) is 2.96. The van der Waals surface area contributed by atoms with Gasteiger partial charge in [-0.25, -0.2) is 0 Å². The fourth-order valence-corrected chi connectivity index (χ4v) is 2.96. The Morgan fingerprint density at radius 1 is 1.33 bits per heavy atom. The number of furan rings is 1. The summed E-state index contributed by atoms with van der Waals surface area (Å²) in [6.07, 6.45) is 3.18. The molecule has 3 nitrogen and oxygen atoms in total. The molecule has 3 heterocycles. The summed E-state index contributed by atoms with van der Waals surface area (Å²) in [4.78, 5) is 2.54. The van der Waals surface area contributed by atoms with E-state index in [1.54, 1.807) is 6.26 Å². The molecule has 1 aromatic rings. The lowest BCUT2D eigenvalue weighted by Crippen LogP contribution is -2.50. The van der Waals surface area contributed by atoms with Crippen LogP contribution in [-0.4, -0.2) is 31.1 Å². The molecule has 3 heteroatoms. The number of rotatable bonds is 2. The van der Waals surface area contributed by atoms with Gasteiger partial charge in [-0.2, -0.15) is 0 Å². The third kappa shape index (κ3) is 2.08. The largest absolute Gasteiger partial charge is 0.468 e. The number of nitrogens with zero attached hydrogens (tertiary/aromatic N) is 1. The molecule has 2 fully saturated rings. The normalized spacial score (nSPS) is 31.7. The zero-order valence-electron chi connectivity index (χ0n) is 8.98. The lowest BCUT2D eigenvalue weighted by Gasteiger charge is -2.41. The first-order chi connectivity index (χ1) is 7.40. The van der Waals surface area contributed by atoms with Crippen molar-refractivity contribution in [2.24, 2.45) is 11.8 Å². The lowest BCUT2D eigenvalue weighted by molar-refractivity contribution is 0.0862. The molecule has 0 aliphatic carbocycles. The van der Waals surface area contributed by atoms with Crippen molar-refractivity contribution in [2.45, 2.75) is 13.0 Å². The average molecular weight is 206 g/mol. The van der Waals surface area contributed by atoms with Crippen molar-refractivity contribution >= 4 is 0 Å². The van der Waals surface area contributed by atoms with E-state index in [4.69, 9.17) is 4.42 Å². The highest BCUT2D eigenvalue weighted by Gasteiger charge is 2.30. The van der Waals surface area contributed by atoms with E-state index in [-0.39, 0.29) is 0 Å². The van der Waals surface area contributed by atoms with E-state index in [9.17, 15) is 0 Å². The van der Waals surface area contributed by atoms with Gasteiger partial charge in [-0.1, -0.05) is 0 Å². The smallest absolute Gasteiger partial charge is 0.117 e. The highest BCUT2D eigenvalue weighted by atomic mass is 16.3. The number of nitrogens with one attached hydrogen (secondary N) is 1. The summed E-state index contributed by atoms with van der Waals surface area (Å²) in [7, 11) is 0. The first-order valence-electron chi connectivity index (χ1n) is 5.85. The van der Waals surface area contributed by atoms with E-state index in [0.29, 0.717) is 0 Å². The van der Waals surface area contributed by atoms with Gasteiger partial charge in [-0.15, -0.1) is 0 Å². The molecule has 2 atom stereocenters. The van der Waals surface area contributed by atoms with Gasteiger partial charge in [0.05, 0.1) is 12.8 Å². The summed E-state index contributed by atoms with van der Waals surface area (Å²) >= 11 is 0. The van der Waals surface area contributed by atoms with Gasteiger partial charge in [0.1, 0.15) is 5.76 Å². The number of hydrogen-bond acceptors (Lipinski definition) is 3. The molecule has 2 unspecified atom stereocenters. The summed E-state index contributed by atoms with van der Waals surface area (Å²) < 4.78 is 5.40. The second-order valence-corrected chi connectivity index (χ2v) is 4.90. The van der Waals surface area contributed by atoms with Gasteiger partial charge in [0.25, 0.3) is 0 Å². The predicted molar refractivity (Wildman–Crippen MR) is 58.5 cm³/mol. The Labute approximate surface area is 90.4 Å². The molecule has 2 aliphatic rings. The molecular weight excluding hydrogens is 188 g/mol. The Kier molecular flexibility index (Phi) is 2.51. The van der Waals surface area contributed by atoms with Gasteiger partial charge in [-0.3, -0.25) is 4.90 Å². The van der Waals surface area contributed by atoms with E-state index in [1.807, 2.05) is 6.07 Å². The quantitative estimate of drug-likeness (QED) is 0.791. The number of piperidine rings is 2. The van der Waals surface area contributed by atoms with Gasteiger partial charge in [0, 0.05) is 13.1 Å². The van der Waals surface area contributed by atoms with Crippen LogP contribution in [0.15, 0.2) is 22.8 Å². The first-order valence-corrected chi connectivity index (χ1v) is 5.85. The molecular formula is C12H18N2O. The molecule has 15 heavy (non-hydrogen) atoms. The van der Waals surface area contributed by atoms with Crippen LogP contribution in [0.3, 0.4) is 0 Å². The summed E-state index contributed by atoms with van der Waals surface area (Å²) in [5.74, 6) is 2.81. The Morgan fingerprint density at radius 2 is 2.13 bits per heavy atom. The summed E-state index contributed by atoms with van der Waals surface area (Å²) in [5, 5.41) is 3.52. The summed E-state index contributed by atoms with van der Waals surface area (Å²) in [6, 6.07) is 4.05. The van der Waals surface area contributed by atoms with Crippen molar-refractivity contribution in [3.8, 4) is 0 Å². The fraction of sp³-hybridized carbons (Fsp3) is 0.667. The molecule has 0 radical (unpaired) electrons. The van der Waals surface area contributed by atoms with E-state index in [1.165, 1.54) is 32.6 Å². The molecule has 2 bridgehead atoms. The van der Waals surface area contributed by atoms with Gasteiger partial charge in [0.15, 0.2) is 0 Å². The minimum atomic E-state index is 0.854. The molecule has 3 rings (SSSR count). The molecule has 1 N–H and O–H groups in total. The Bertz CT molecular complexity index is 297. The maximum atomic E-state index is 5.40. The van der Waals surface area contributed by atoms with Crippen LogP contribution in [-0.2, 0) is 6.54 Å². The van der Waals surface area contributed by atoms with Crippen molar-refractivity contribution in [1.29, 1.82) is 0 Å². The SMILES string of the molecule is c1coc(CN2CC3CNCC(C3)C2)c1. The Hall–Kier alpha value is -0.800. The lowest BCUT2D eigenvalue weighted by atomic mass is 9.86. The van der Waals surface area contributed by atoms with Crippen molar-refractivity contribution in [2.75, 3.05) is 26.2 Å². The second-order valence-electron chi connectivity index (χ2n) is 4.90. The zero-order chi connectivity index (χ0) is 10.1. The monoisotopic (exact) mass is 206 g/mol. The Balaban J connectivity index is 1.63. The van der Waals surface area contributed by atoms with Crippen LogP contribution < -0.4 is 5.32 Å². The maximum Gasteiger partial charge on any atom is 0.117 e. The van der Waals surface area contributed by atoms with Crippen LogP contribution in [0.2, 0.25) is 0 Å². The highest BCUT2D eigenvalue weighted by Crippen LogP contribution is 2.25. The molecule has 2 saturated heterocycles. The van der Waals surface area contributed by atoms with Crippen LogP contribution in [0, 0.1) is 11.8 Å². The van der Waals surface area contributed by atoms with Gasteiger partial charge >= 0.3 is 0 Å². The molecule has 0 saturated carbocycles. The summed E-state index contributed by atoms with van der Waals surface area (Å²) in [5.41, 5.74) is 0. The maximum absolute atomic E-state index is 5.40. The molecule has 0 spiro atoms. The zero-order valence-corrected chi connectivity index (χ0v) is 8.98. The molecule has 1 aromatic heterocycles. The second kappa shape index (κ2) is 3.99. The molecule has 0 aromatic carbocycles. The van der Waals surface area contributed by atoms with E-state index in [2.05, 4.69) is 16.3 Å². The van der Waals surface area contributed by atoms with E-state index < -0.39 is 0 Å². The van der Waals surface area contributed by atoms with Crippen molar-refractivity contribution < 1.29 is 4.42 Å². The van der Waals surface area contributed by atoms with Crippen LogP contribution in [0.1, 0.15) is 12.2 Å². The molecule has 2 aliphatic heterocycles. The topological polar surface area (TPSA) is 28.4 Å². The molecule has 82 valence electrons.